The van der Waals surface area contributed by atoms with Gasteiger partial charge in [-0.05, 0) is 49.0 Å². The quantitative estimate of drug-likeness (QED) is 0.898. The number of nitrogens with two attached hydrogens (primary N) is 1. The van der Waals surface area contributed by atoms with Gasteiger partial charge < -0.3 is 15.6 Å². The van der Waals surface area contributed by atoms with E-state index in [2.05, 4.69) is 26.1 Å². The number of amides is 1. The standard InChI is InChI=1S/C17H27N3O/c1-5-20-10-12(18)9-13(20)15(21)19-14-8-11-6-7-17(14,4)16(11,2)3/h9-11,14H,5-8,18H2,1-4H3,(H,19,21). The van der Waals surface area contributed by atoms with Crippen molar-refractivity contribution in [3.8, 4) is 0 Å². The van der Waals surface area contributed by atoms with Crippen molar-refractivity contribution in [1.29, 1.82) is 0 Å². The molecule has 4 heteroatoms. The van der Waals surface area contributed by atoms with E-state index in [1.165, 1.54) is 12.8 Å². The van der Waals surface area contributed by atoms with E-state index < -0.39 is 0 Å². The Bertz CT molecular complexity index is 575. The van der Waals surface area contributed by atoms with Crippen LogP contribution in [0.5, 0.6) is 0 Å². The molecular formula is C17H27N3O. The summed E-state index contributed by atoms with van der Waals surface area (Å²) in [7, 11) is 0. The summed E-state index contributed by atoms with van der Waals surface area (Å²) in [6.45, 7) is 9.86. The molecule has 3 unspecified atom stereocenters. The molecule has 4 nitrogen and oxygen atoms in total. The van der Waals surface area contributed by atoms with Crippen LogP contribution in [0.1, 0.15) is 57.4 Å². The van der Waals surface area contributed by atoms with Gasteiger partial charge in [0, 0.05) is 18.8 Å². The second-order valence-electron chi connectivity index (χ2n) is 7.58. The molecule has 0 spiro atoms. The van der Waals surface area contributed by atoms with E-state index in [-0.39, 0.29) is 17.4 Å². The molecule has 3 N–H and O–H groups in total. The first-order valence-electron chi connectivity index (χ1n) is 8.06. The van der Waals surface area contributed by atoms with Gasteiger partial charge in [0.15, 0.2) is 0 Å². The topological polar surface area (TPSA) is 60.0 Å². The van der Waals surface area contributed by atoms with Gasteiger partial charge in [0.25, 0.3) is 5.91 Å². The van der Waals surface area contributed by atoms with Gasteiger partial charge in [0.1, 0.15) is 5.69 Å². The Morgan fingerprint density at radius 1 is 1.48 bits per heavy atom. The van der Waals surface area contributed by atoms with Crippen LogP contribution in [-0.2, 0) is 6.54 Å². The van der Waals surface area contributed by atoms with E-state index in [1.54, 1.807) is 6.07 Å². The maximum Gasteiger partial charge on any atom is 0.268 e. The predicted octanol–water partition coefficient (Wildman–Crippen LogP) is 3.03. The lowest BCUT2D eigenvalue weighted by molar-refractivity contribution is 0.0818. The van der Waals surface area contributed by atoms with E-state index in [9.17, 15) is 4.79 Å². The van der Waals surface area contributed by atoms with Crippen LogP contribution in [0.25, 0.3) is 0 Å². The zero-order valence-corrected chi connectivity index (χ0v) is 13.6. The summed E-state index contributed by atoms with van der Waals surface area (Å²) in [5.74, 6) is 0.749. The molecule has 1 aromatic heterocycles. The number of hydrogen-bond acceptors (Lipinski definition) is 2. The Morgan fingerprint density at radius 3 is 2.71 bits per heavy atom. The average molecular weight is 289 g/mol. The lowest BCUT2D eigenvalue weighted by atomic mass is 9.69. The Kier molecular flexibility index (Phi) is 3.12. The summed E-state index contributed by atoms with van der Waals surface area (Å²) in [4.78, 5) is 12.6. The molecule has 0 saturated heterocycles. The van der Waals surface area contributed by atoms with Crippen molar-refractivity contribution in [3.63, 3.8) is 0 Å². The molecule has 1 heterocycles. The van der Waals surface area contributed by atoms with Crippen LogP contribution >= 0.6 is 0 Å². The monoisotopic (exact) mass is 289 g/mol. The molecule has 21 heavy (non-hydrogen) atoms. The number of rotatable bonds is 3. The third kappa shape index (κ3) is 1.91. The molecule has 1 amide bonds. The van der Waals surface area contributed by atoms with Crippen molar-refractivity contribution in [2.45, 2.75) is 59.5 Å². The minimum atomic E-state index is 0.0168. The smallest absolute Gasteiger partial charge is 0.268 e. The normalized spacial score (nSPS) is 33.3. The number of anilines is 1. The van der Waals surface area contributed by atoms with Crippen molar-refractivity contribution in [2.24, 2.45) is 16.7 Å². The Labute approximate surface area is 127 Å². The zero-order chi connectivity index (χ0) is 15.4. The van der Waals surface area contributed by atoms with Crippen LogP contribution in [0.3, 0.4) is 0 Å². The van der Waals surface area contributed by atoms with E-state index in [0.29, 0.717) is 16.8 Å². The molecule has 2 aliphatic carbocycles. The Hall–Kier alpha value is -1.45. The van der Waals surface area contributed by atoms with Crippen molar-refractivity contribution in [1.82, 2.24) is 9.88 Å². The largest absolute Gasteiger partial charge is 0.397 e. The number of carbonyl (C=O) groups excluding carboxylic acids is 1. The van der Waals surface area contributed by atoms with Crippen LogP contribution in [-0.4, -0.2) is 16.5 Å². The Morgan fingerprint density at radius 2 is 2.19 bits per heavy atom. The summed E-state index contributed by atoms with van der Waals surface area (Å²) < 4.78 is 1.92. The molecule has 0 aliphatic heterocycles. The molecule has 3 rings (SSSR count). The second kappa shape index (κ2) is 4.52. The molecular weight excluding hydrogens is 262 g/mol. The number of nitrogens with one attached hydrogen (secondary N) is 1. The first-order valence-corrected chi connectivity index (χ1v) is 8.06. The fraction of sp³-hybridized carbons (Fsp3) is 0.706. The van der Waals surface area contributed by atoms with Gasteiger partial charge in [-0.2, -0.15) is 0 Å². The van der Waals surface area contributed by atoms with E-state index in [0.717, 1.165) is 18.9 Å². The number of nitrogen functional groups attached to an aromatic ring is 1. The highest BCUT2D eigenvalue weighted by Gasteiger charge is 2.61. The summed E-state index contributed by atoms with van der Waals surface area (Å²) >= 11 is 0. The highest BCUT2D eigenvalue weighted by molar-refractivity contribution is 5.94. The van der Waals surface area contributed by atoms with Crippen molar-refractivity contribution in [3.05, 3.63) is 18.0 Å². The van der Waals surface area contributed by atoms with Gasteiger partial charge in [-0.1, -0.05) is 20.8 Å². The van der Waals surface area contributed by atoms with E-state index >= 15 is 0 Å². The third-order valence-electron chi connectivity index (χ3n) is 6.59. The number of fused-ring (bicyclic) bond motifs is 2. The van der Waals surface area contributed by atoms with Gasteiger partial charge in [-0.15, -0.1) is 0 Å². The number of nitrogens with zero attached hydrogens (tertiary/aromatic N) is 1. The highest BCUT2D eigenvalue weighted by Crippen LogP contribution is 2.65. The third-order valence-corrected chi connectivity index (χ3v) is 6.59. The van der Waals surface area contributed by atoms with Gasteiger partial charge in [0.2, 0.25) is 0 Å². The predicted molar refractivity (Wildman–Crippen MR) is 85.0 cm³/mol. The average Bonchev–Trinajstić information content (AvgIpc) is 2.96. The minimum Gasteiger partial charge on any atom is -0.397 e. The molecule has 0 aromatic carbocycles. The molecule has 2 aliphatic rings. The highest BCUT2D eigenvalue weighted by atomic mass is 16.2. The number of carbonyl (C=O) groups is 1. The lowest BCUT2D eigenvalue weighted by Gasteiger charge is -2.39. The minimum absolute atomic E-state index is 0.0168. The van der Waals surface area contributed by atoms with Crippen LogP contribution in [0.15, 0.2) is 12.3 Å². The van der Waals surface area contributed by atoms with Crippen molar-refractivity contribution >= 4 is 11.6 Å². The van der Waals surface area contributed by atoms with Crippen LogP contribution < -0.4 is 11.1 Å². The molecule has 3 atom stereocenters. The molecule has 2 saturated carbocycles. The second-order valence-corrected chi connectivity index (χ2v) is 7.58. The zero-order valence-electron chi connectivity index (χ0n) is 13.6. The fourth-order valence-corrected chi connectivity index (χ4v) is 4.64. The number of aromatic nitrogens is 1. The van der Waals surface area contributed by atoms with E-state index in [1.807, 2.05) is 17.7 Å². The molecule has 2 bridgehead atoms. The van der Waals surface area contributed by atoms with E-state index in [4.69, 9.17) is 5.73 Å². The fourth-order valence-electron chi connectivity index (χ4n) is 4.64. The molecule has 1 aromatic rings. The first kappa shape index (κ1) is 14.5. The number of hydrogen-bond donors (Lipinski definition) is 2. The first-order chi connectivity index (χ1) is 9.79. The van der Waals surface area contributed by atoms with Crippen LogP contribution in [0, 0.1) is 16.7 Å². The molecule has 116 valence electrons. The lowest BCUT2D eigenvalue weighted by Crippen LogP contribution is -2.47. The summed E-state index contributed by atoms with van der Waals surface area (Å²) in [5, 5.41) is 3.30. The van der Waals surface area contributed by atoms with Crippen molar-refractivity contribution < 1.29 is 4.79 Å². The molecule has 0 radical (unpaired) electrons. The van der Waals surface area contributed by atoms with Crippen LogP contribution in [0.4, 0.5) is 5.69 Å². The van der Waals surface area contributed by atoms with Gasteiger partial charge >= 0.3 is 0 Å². The van der Waals surface area contributed by atoms with Crippen LogP contribution in [0.2, 0.25) is 0 Å². The summed E-state index contributed by atoms with van der Waals surface area (Å²) in [6, 6.07) is 2.06. The number of aryl methyl sites for hydroxylation is 1. The maximum absolute atomic E-state index is 12.6. The Balaban J connectivity index is 1.80. The van der Waals surface area contributed by atoms with Gasteiger partial charge in [0.05, 0.1) is 5.69 Å². The SMILES string of the molecule is CCn1cc(N)cc1C(=O)NC1CC2CCC1(C)C2(C)C. The van der Waals surface area contributed by atoms with Gasteiger partial charge in [-0.25, -0.2) is 0 Å². The summed E-state index contributed by atoms with van der Waals surface area (Å²) in [6.07, 6.45) is 5.46. The summed E-state index contributed by atoms with van der Waals surface area (Å²) in [5.41, 5.74) is 7.69. The van der Waals surface area contributed by atoms with Gasteiger partial charge in [-0.3, -0.25) is 4.79 Å². The molecule has 2 fully saturated rings. The maximum atomic E-state index is 12.6. The van der Waals surface area contributed by atoms with Crippen molar-refractivity contribution in [2.75, 3.05) is 5.73 Å².